The van der Waals surface area contributed by atoms with E-state index in [9.17, 15) is 9.18 Å². The summed E-state index contributed by atoms with van der Waals surface area (Å²) in [4.78, 5) is 18.5. The number of carbonyl (C=O) groups excluding carboxylic acids is 1. The number of hydrogen-bond acceptors (Lipinski definition) is 8. The molecule has 3 heterocycles. The van der Waals surface area contributed by atoms with Crippen LogP contribution >= 0.6 is 22.9 Å². The van der Waals surface area contributed by atoms with E-state index in [1.807, 2.05) is 24.3 Å². The second-order valence-corrected chi connectivity index (χ2v) is 10.6. The van der Waals surface area contributed by atoms with E-state index in [0.717, 1.165) is 60.1 Å². The van der Waals surface area contributed by atoms with E-state index in [2.05, 4.69) is 20.4 Å². The van der Waals surface area contributed by atoms with Crippen molar-refractivity contribution in [2.75, 3.05) is 25.1 Å². The number of fused-ring (bicyclic) bond motifs is 1. The van der Waals surface area contributed by atoms with E-state index in [0.29, 0.717) is 22.2 Å². The van der Waals surface area contributed by atoms with Gasteiger partial charge in [-0.25, -0.2) is 14.2 Å². The van der Waals surface area contributed by atoms with Gasteiger partial charge in [-0.1, -0.05) is 46.3 Å². The van der Waals surface area contributed by atoms with Crippen molar-refractivity contribution in [2.45, 2.75) is 37.8 Å². The van der Waals surface area contributed by atoms with E-state index < -0.39 is 11.8 Å². The van der Waals surface area contributed by atoms with Crippen LogP contribution in [0.1, 0.15) is 46.9 Å². The minimum atomic E-state index is -0.563. The van der Waals surface area contributed by atoms with Gasteiger partial charge in [0.05, 0.1) is 22.4 Å². The summed E-state index contributed by atoms with van der Waals surface area (Å²) in [6.45, 7) is 2.18. The van der Waals surface area contributed by atoms with E-state index in [1.165, 1.54) is 24.5 Å². The lowest BCUT2D eigenvalue weighted by atomic mass is 10.0. The molecule has 1 atom stereocenters. The molecule has 0 radical (unpaired) electrons. The van der Waals surface area contributed by atoms with Gasteiger partial charge in [-0.2, -0.15) is 0 Å². The Morgan fingerprint density at radius 2 is 2.14 bits per heavy atom. The van der Waals surface area contributed by atoms with Crippen molar-refractivity contribution < 1.29 is 18.4 Å². The van der Waals surface area contributed by atoms with Gasteiger partial charge in [-0.3, -0.25) is 0 Å². The summed E-state index contributed by atoms with van der Waals surface area (Å²) in [5, 5.41) is 9.46. The van der Waals surface area contributed by atoms with Crippen LogP contribution in [0.3, 0.4) is 0 Å². The molecule has 186 valence electrons. The van der Waals surface area contributed by atoms with Crippen molar-refractivity contribution in [2.24, 2.45) is 0 Å². The molecule has 10 heteroatoms. The van der Waals surface area contributed by atoms with Gasteiger partial charge in [-0.05, 0) is 37.5 Å². The number of rotatable bonds is 7. The third-order valence-electron chi connectivity index (χ3n) is 6.78. The van der Waals surface area contributed by atoms with Crippen LogP contribution in [0.2, 0.25) is 5.02 Å². The van der Waals surface area contributed by atoms with Crippen LogP contribution in [0.4, 0.5) is 9.52 Å². The van der Waals surface area contributed by atoms with Crippen LogP contribution in [0.25, 0.3) is 21.5 Å². The molecule has 1 saturated carbocycles. The summed E-state index contributed by atoms with van der Waals surface area (Å²) in [6, 6.07) is 10.7. The number of esters is 1. The van der Waals surface area contributed by atoms with Crippen LogP contribution in [0.15, 0.2) is 40.9 Å². The predicted octanol–water partition coefficient (Wildman–Crippen LogP) is 5.78. The first-order valence-electron chi connectivity index (χ1n) is 11.9. The highest BCUT2D eigenvalue weighted by Crippen LogP contribution is 2.44. The maximum Gasteiger partial charge on any atom is 0.338 e. The molecular weight excluding hydrogens is 503 g/mol. The van der Waals surface area contributed by atoms with Crippen LogP contribution in [0, 0.1) is 5.82 Å². The fourth-order valence-corrected chi connectivity index (χ4v) is 6.00. The molecule has 1 N–H and O–H groups in total. The monoisotopic (exact) mass is 526 g/mol. The lowest BCUT2D eigenvalue weighted by Gasteiger charge is -2.16. The summed E-state index contributed by atoms with van der Waals surface area (Å²) in [6.07, 6.45) is 3.16. The van der Waals surface area contributed by atoms with Gasteiger partial charge in [0.15, 0.2) is 10.9 Å². The average molecular weight is 527 g/mol. The number of ether oxygens (including phenoxy) is 1. The highest BCUT2D eigenvalue weighted by Gasteiger charge is 2.33. The summed E-state index contributed by atoms with van der Waals surface area (Å²) in [7, 11) is 1.28. The Labute approximate surface area is 216 Å². The number of nitrogens with one attached hydrogen (secondary N) is 1. The van der Waals surface area contributed by atoms with E-state index in [4.69, 9.17) is 20.9 Å². The Morgan fingerprint density at radius 3 is 2.92 bits per heavy atom. The molecule has 1 aliphatic carbocycles. The van der Waals surface area contributed by atoms with E-state index in [-0.39, 0.29) is 17.1 Å². The Morgan fingerprint density at radius 1 is 1.31 bits per heavy atom. The average Bonchev–Trinajstić information content (AvgIpc) is 3.28. The van der Waals surface area contributed by atoms with Crippen molar-refractivity contribution in [3.8, 4) is 11.3 Å². The molecule has 1 saturated heterocycles. The molecule has 1 aliphatic heterocycles. The normalized spacial score (nSPS) is 17.8. The van der Waals surface area contributed by atoms with Crippen LogP contribution in [-0.2, 0) is 11.3 Å². The molecule has 1 unspecified atom stereocenters. The smallest absolute Gasteiger partial charge is 0.338 e. The number of halogens is 2. The van der Waals surface area contributed by atoms with Crippen LogP contribution < -0.4 is 10.2 Å². The second-order valence-electron chi connectivity index (χ2n) is 9.23. The standard InChI is InChI=1S/C26H24ClFN4O3S/c1-34-25(33)15-10-20(28)23-21(11-15)36-26(30-23)32-9-8-16(13-32)29-12-18-22(17-4-2-3-5-19(17)27)31-35-24(18)14-6-7-14/h2-5,10-11,14,16,29H,6-9,12-13H2,1H3. The van der Waals surface area contributed by atoms with Gasteiger partial charge in [-0.15, -0.1) is 0 Å². The van der Waals surface area contributed by atoms with Crippen molar-refractivity contribution in [1.29, 1.82) is 0 Å². The predicted molar refractivity (Wildman–Crippen MR) is 137 cm³/mol. The summed E-state index contributed by atoms with van der Waals surface area (Å²) >= 11 is 7.85. The largest absolute Gasteiger partial charge is 0.465 e. The SMILES string of the molecule is COC(=O)c1cc(F)c2nc(N3CCC(NCc4c(-c5ccccc5Cl)noc4C4CC4)C3)sc2c1. The first kappa shape index (κ1) is 23.4. The maximum atomic E-state index is 14.6. The molecule has 36 heavy (non-hydrogen) atoms. The maximum absolute atomic E-state index is 14.6. The molecule has 2 aliphatic rings. The summed E-state index contributed by atoms with van der Waals surface area (Å²) in [5.74, 6) is 0.302. The molecule has 4 aromatic rings. The number of nitrogens with zero attached hydrogens (tertiary/aromatic N) is 3. The van der Waals surface area contributed by atoms with Gasteiger partial charge < -0.3 is 19.5 Å². The summed E-state index contributed by atoms with van der Waals surface area (Å²) < 4.78 is 25.7. The minimum absolute atomic E-state index is 0.188. The molecule has 0 spiro atoms. The van der Waals surface area contributed by atoms with Crippen LogP contribution in [-0.4, -0.2) is 42.4 Å². The van der Waals surface area contributed by atoms with Gasteiger partial charge in [0.25, 0.3) is 0 Å². The zero-order chi connectivity index (χ0) is 24.8. The second kappa shape index (κ2) is 9.46. The third-order valence-corrected chi connectivity index (χ3v) is 8.17. The van der Waals surface area contributed by atoms with Gasteiger partial charge in [0, 0.05) is 42.7 Å². The molecular formula is C26H24ClFN4O3S. The number of thiazole rings is 1. The van der Waals surface area contributed by atoms with E-state index in [1.54, 1.807) is 6.07 Å². The Bertz CT molecular complexity index is 1450. The molecule has 7 nitrogen and oxygen atoms in total. The Balaban J connectivity index is 1.18. The molecule has 2 aromatic carbocycles. The lowest BCUT2D eigenvalue weighted by Crippen LogP contribution is -2.32. The number of aromatic nitrogens is 2. The van der Waals surface area contributed by atoms with Crippen molar-refractivity contribution in [1.82, 2.24) is 15.5 Å². The lowest BCUT2D eigenvalue weighted by molar-refractivity contribution is 0.0600. The molecule has 0 amide bonds. The minimum Gasteiger partial charge on any atom is -0.465 e. The number of methoxy groups -OCH3 is 1. The molecule has 2 aromatic heterocycles. The zero-order valence-corrected chi connectivity index (χ0v) is 21.2. The quantitative estimate of drug-likeness (QED) is 0.306. The highest BCUT2D eigenvalue weighted by molar-refractivity contribution is 7.22. The van der Waals surface area contributed by atoms with Crippen molar-refractivity contribution in [3.63, 3.8) is 0 Å². The molecule has 6 rings (SSSR count). The van der Waals surface area contributed by atoms with Crippen LogP contribution in [0.5, 0.6) is 0 Å². The Hall–Kier alpha value is -3.01. The van der Waals surface area contributed by atoms with Gasteiger partial charge >= 0.3 is 5.97 Å². The van der Waals surface area contributed by atoms with Crippen molar-refractivity contribution in [3.05, 3.63) is 64.1 Å². The highest BCUT2D eigenvalue weighted by atomic mass is 35.5. The number of hydrogen-bond donors (Lipinski definition) is 1. The number of carbonyl (C=O) groups is 1. The van der Waals surface area contributed by atoms with E-state index >= 15 is 0 Å². The first-order chi connectivity index (χ1) is 17.5. The number of benzene rings is 2. The Kier molecular flexibility index (Phi) is 6.15. The zero-order valence-electron chi connectivity index (χ0n) is 19.6. The molecule has 0 bridgehead atoms. The fraction of sp³-hybridized carbons (Fsp3) is 0.346. The fourth-order valence-electron chi connectivity index (χ4n) is 4.72. The third kappa shape index (κ3) is 4.36. The van der Waals surface area contributed by atoms with Gasteiger partial charge in [0.1, 0.15) is 17.0 Å². The first-order valence-corrected chi connectivity index (χ1v) is 13.1. The van der Waals surface area contributed by atoms with Crippen molar-refractivity contribution >= 4 is 44.3 Å². The summed E-state index contributed by atoms with van der Waals surface area (Å²) in [5.41, 5.74) is 3.21. The molecule has 2 fully saturated rings. The van der Waals surface area contributed by atoms with Gasteiger partial charge in [0.2, 0.25) is 0 Å². The number of anilines is 1. The topological polar surface area (TPSA) is 80.5 Å².